The van der Waals surface area contributed by atoms with Gasteiger partial charge in [0, 0.05) is 19.1 Å². The lowest BCUT2D eigenvalue weighted by molar-refractivity contribution is 0.183. The van der Waals surface area contributed by atoms with E-state index in [0.717, 1.165) is 13.2 Å². The summed E-state index contributed by atoms with van der Waals surface area (Å²) in [5.41, 5.74) is 2.79. The summed E-state index contributed by atoms with van der Waals surface area (Å²) in [5, 5.41) is 3.50. The highest BCUT2D eigenvalue weighted by atomic mass is 16.5. The first-order valence-corrected chi connectivity index (χ1v) is 5.63. The Morgan fingerprint density at radius 1 is 1.40 bits per heavy atom. The molecule has 0 aromatic heterocycles. The van der Waals surface area contributed by atoms with E-state index < -0.39 is 0 Å². The van der Waals surface area contributed by atoms with Crippen LogP contribution in [0.1, 0.15) is 30.4 Å². The van der Waals surface area contributed by atoms with Crippen LogP contribution in [0.3, 0.4) is 0 Å². The molecule has 0 bridgehead atoms. The van der Waals surface area contributed by atoms with Gasteiger partial charge in [0.15, 0.2) is 0 Å². The molecule has 1 aromatic carbocycles. The average Bonchev–Trinajstić information content (AvgIpc) is 2.66. The predicted molar refractivity (Wildman–Crippen MR) is 62.0 cm³/mol. The highest BCUT2D eigenvalue weighted by Gasteiger charge is 2.25. The van der Waals surface area contributed by atoms with Crippen LogP contribution in [-0.4, -0.2) is 19.7 Å². The molecule has 1 N–H and O–H groups in total. The summed E-state index contributed by atoms with van der Waals surface area (Å²) in [6.07, 6.45) is 1.24. The van der Waals surface area contributed by atoms with Gasteiger partial charge in [0.25, 0.3) is 0 Å². The van der Waals surface area contributed by atoms with Crippen molar-refractivity contribution in [2.75, 3.05) is 13.7 Å². The van der Waals surface area contributed by atoms with Crippen LogP contribution in [0.25, 0.3) is 0 Å². The van der Waals surface area contributed by atoms with Crippen molar-refractivity contribution in [3.63, 3.8) is 0 Å². The van der Waals surface area contributed by atoms with E-state index in [2.05, 4.69) is 36.5 Å². The Hall–Kier alpha value is -0.860. The number of hydrogen-bond donors (Lipinski definition) is 1. The molecule has 0 aliphatic carbocycles. The minimum Gasteiger partial charge on any atom is -0.380 e. The smallest absolute Gasteiger partial charge is 0.0715 e. The molecule has 0 spiro atoms. The van der Waals surface area contributed by atoms with Gasteiger partial charge in [-0.15, -0.1) is 0 Å². The van der Waals surface area contributed by atoms with Crippen LogP contribution >= 0.6 is 0 Å². The number of benzene rings is 1. The fourth-order valence-electron chi connectivity index (χ4n) is 2.47. The average molecular weight is 205 g/mol. The van der Waals surface area contributed by atoms with Gasteiger partial charge in [0.05, 0.1) is 6.61 Å². The molecule has 82 valence electrons. The first kappa shape index (κ1) is 10.7. The fourth-order valence-corrected chi connectivity index (χ4v) is 2.47. The van der Waals surface area contributed by atoms with Crippen LogP contribution in [0.4, 0.5) is 0 Å². The Morgan fingerprint density at radius 2 is 2.20 bits per heavy atom. The maximum absolute atomic E-state index is 5.24. The molecule has 2 rings (SSSR count). The van der Waals surface area contributed by atoms with Gasteiger partial charge in [-0.1, -0.05) is 24.3 Å². The molecule has 1 fully saturated rings. The monoisotopic (exact) mass is 205 g/mol. The quantitative estimate of drug-likeness (QED) is 0.817. The molecule has 2 heteroatoms. The van der Waals surface area contributed by atoms with Crippen LogP contribution in [0.5, 0.6) is 0 Å². The minimum atomic E-state index is 0.586. The van der Waals surface area contributed by atoms with Crippen molar-refractivity contribution in [2.45, 2.75) is 31.9 Å². The van der Waals surface area contributed by atoms with Crippen LogP contribution in [0.15, 0.2) is 24.3 Å². The molecule has 2 atom stereocenters. The molecule has 15 heavy (non-hydrogen) atoms. The molecule has 1 aliphatic heterocycles. The van der Waals surface area contributed by atoms with E-state index in [0.29, 0.717) is 12.0 Å². The first-order valence-electron chi connectivity index (χ1n) is 5.63. The zero-order chi connectivity index (χ0) is 10.7. The maximum atomic E-state index is 5.24. The highest BCUT2D eigenvalue weighted by Crippen LogP contribution is 2.30. The molecule has 1 aliphatic rings. The lowest BCUT2D eigenvalue weighted by Gasteiger charge is -2.18. The summed E-state index contributed by atoms with van der Waals surface area (Å²) < 4.78 is 5.24. The van der Waals surface area contributed by atoms with Gasteiger partial charge in [-0.2, -0.15) is 0 Å². The molecule has 2 unspecified atom stereocenters. The van der Waals surface area contributed by atoms with Crippen LogP contribution < -0.4 is 5.32 Å². The Kier molecular flexibility index (Phi) is 3.39. The molecular formula is C13H19NO. The summed E-state index contributed by atoms with van der Waals surface area (Å²) in [6, 6.07) is 9.21. The zero-order valence-corrected chi connectivity index (χ0v) is 9.49. The number of hydrogen-bond acceptors (Lipinski definition) is 2. The SMILES string of the molecule is COCc1ccccc1C1CCNC1C. The van der Waals surface area contributed by atoms with Crippen molar-refractivity contribution in [1.82, 2.24) is 5.32 Å². The van der Waals surface area contributed by atoms with E-state index in [1.807, 2.05) is 0 Å². The third kappa shape index (κ3) is 2.21. The van der Waals surface area contributed by atoms with Crippen LogP contribution in [0, 0.1) is 0 Å². The normalized spacial score (nSPS) is 25.7. The summed E-state index contributed by atoms with van der Waals surface area (Å²) >= 11 is 0. The summed E-state index contributed by atoms with van der Waals surface area (Å²) in [4.78, 5) is 0. The van der Waals surface area contributed by atoms with E-state index in [9.17, 15) is 0 Å². The van der Waals surface area contributed by atoms with Crippen molar-refractivity contribution < 1.29 is 4.74 Å². The molecule has 1 aromatic rings. The van der Waals surface area contributed by atoms with Crippen molar-refractivity contribution in [1.29, 1.82) is 0 Å². The van der Waals surface area contributed by atoms with Gasteiger partial charge >= 0.3 is 0 Å². The Bertz CT molecular complexity index is 324. The van der Waals surface area contributed by atoms with Crippen molar-refractivity contribution >= 4 is 0 Å². The van der Waals surface area contributed by atoms with Crippen molar-refractivity contribution in [3.8, 4) is 0 Å². The van der Waals surface area contributed by atoms with Crippen LogP contribution in [-0.2, 0) is 11.3 Å². The predicted octanol–water partition coefficient (Wildman–Crippen LogP) is 2.30. The van der Waals surface area contributed by atoms with Gasteiger partial charge in [0.2, 0.25) is 0 Å². The van der Waals surface area contributed by atoms with Crippen molar-refractivity contribution in [2.24, 2.45) is 0 Å². The standard InChI is InChI=1S/C13H19NO/c1-10-12(7-8-14-10)13-6-4-3-5-11(13)9-15-2/h3-6,10,12,14H,7-9H2,1-2H3. The third-order valence-electron chi connectivity index (χ3n) is 3.28. The van der Waals surface area contributed by atoms with E-state index >= 15 is 0 Å². The number of ether oxygens (including phenoxy) is 1. The second kappa shape index (κ2) is 4.77. The van der Waals surface area contributed by atoms with E-state index in [4.69, 9.17) is 4.74 Å². The van der Waals surface area contributed by atoms with Gasteiger partial charge in [-0.05, 0) is 31.0 Å². The van der Waals surface area contributed by atoms with Gasteiger partial charge in [0.1, 0.15) is 0 Å². The maximum Gasteiger partial charge on any atom is 0.0715 e. The summed E-state index contributed by atoms with van der Waals surface area (Å²) in [6.45, 7) is 4.12. The largest absolute Gasteiger partial charge is 0.380 e. The third-order valence-corrected chi connectivity index (χ3v) is 3.28. The molecule has 1 saturated heterocycles. The van der Waals surface area contributed by atoms with Gasteiger partial charge < -0.3 is 10.1 Å². The minimum absolute atomic E-state index is 0.586. The van der Waals surface area contributed by atoms with Gasteiger partial charge in [-0.25, -0.2) is 0 Å². The molecule has 1 heterocycles. The summed E-state index contributed by atoms with van der Waals surface area (Å²) in [5.74, 6) is 0.649. The number of rotatable bonds is 3. The Balaban J connectivity index is 2.25. The summed E-state index contributed by atoms with van der Waals surface area (Å²) in [7, 11) is 1.76. The van der Waals surface area contributed by atoms with E-state index in [1.54, 1.807) is 7.11 Å². The van der Waals surface area contributed by atoms with Gasteiger partial charge in [-0.3, -0.25) is 0 Å². The fraction of sp³-hybridized carbons (Fsp3) is 0.538. The molecule has 0 saturated carbocycles. The van der Waals surface area contributed by atoms with Crippen molar-refractivity contribution in [3.05, 3.63) is 35.4 Å². The van der Waals surface area contributed by atoms with E-state index in [1.165, 1.54) is 17.5 Å². The number of methoxy groups -OCH3 is 1. The second-order valence-electron chi connectivity index (χ2n) is 4.27. The second-order valence-corrected chi connectivity index (χ2v) is 4.27. The zero-order valence-electron chi connectivity index (χ0n) is 9.49. The lowest BCUT2D eigenvalue weighted by Crippen LogP contribution is -2.22. The molecule has 0 amide bonds. The lowest BCUT2D eigenvalue weighted by atomic mass is 9.89. The Labute approximate surface area is 91.6 Å². The molecule has 2 nitrogen and oxygen atoms in total. The van der Waals surface area contributed by atoms with Crippen LogP contribution in [0.2, 0.25) is 0 Å². The Morgan fingerprint density at radius 3 is 2.87 bits per heavy atom. The highest BCUT2D eigenvalue weighted by molar-refractivity contribution is 5.31. The number of nitrogens with one attached hydrogen (secondary N) is 1. The van der Waals surface area contributed by atoms with E-state index in [-0.39, 0.29) is 0 Å². The molecule has 0 radical (unpaired) electrons. The molecular weight excluding hydrogens is 186 g/mol. The first-order chi connectivity index (χ1) is 7.33. The topological polar surface area (TPSA) is 21.3 Å².